The summed E-state index contributed by atoms with van der Waals surface area (Å²) in [6.07, 6.45) is 0. The first kappa shape index (κ1) is 21.8. The molecule has 0 bridgehead atoms. The van der Waals surface area contributed by atoms with Crippen molar-refractivity contribution >= 4 is 35.0 Å². The van der Waals surface area contributed by atoms with Crippen molar-refractivity contribution in [2.24, 2.45) is 0 Å². The van der Waals surface area contributed by atoms with Gasteiger partial charge in [0.1, 0.15) is 0 Å². The van der Waals surface area contributed by atoms with Crippen LogP contribution >= 0.6 is 23.4 Å². The van der Waals surface area contributed by atoms with Crippen molar-refractivity contribution < 1.29 is 9.53 Å². The molecule has 2 heterocycles. The molecule has 1 saturated heterocycles. The average Bonchev–Trinajstić information content (AvgIpc) is 3.17. The number of morpholine rings is 1. The molecule has 1 N–H and O–H groups in total. The monoisotopic (exact) mass is 457 g/mol. The van der Waals surface area contributed by atoms with Crippen LogP contribution in [0.25, 0.3) is 5.69 Å². The largest absolute Gasteiger partial charge is 0.379 e. The summed E-state index contributed by atoms with van der Waals surface area (Å²) in [5.41, 5.74) is 2.85. The first-order valence-electron chi connectivity index (χ1n) is 10.1. The van der Waals surface area contributed by atoms with Gasteiger partial charge in [0.25, 0.3) is 0 Å². The summed E-state index contributed by atoms with van der Waals surface area (Å²) in [6.45, 7) is 5.82. The number of halogens is 1. The van der Waals surface area contributed by atoms with Crippen molar-refractivity contribution in [3.63, 3.8) is 0 Å². The van der Waals surface area contributed by atoms with E-state index in [1.807, 2.05) is 60.0 Å². The topological polar surface area (TPSA) is 72.3 Å². The predicted molar refractivity (Wildman–Crippen MR) is 123 cm³/mol. The number of rotatable bonds is 7. The minimum absolute atomic E-state index is 0.0887. The van der Waals surface area contributed by atoms with E-state index in [2.05, 4.69) is 20.4 Å². The predicted octanol–water partition coefficient (Wildman–Crippen LogP) is 3.79. The zero-order chi connectivity index (χ0) is 21.6. The number of nitrogens with zero attached hydrogens (tertiary/aromatic N) is 4. The number of carbonyl (C=O) groups excluding carboxylic acids is 1. The van der Waals surface area contributed by atoms with Crippen LogP contribution in [0.4, 0.5) is 5.69 Å². The fourth-order valence-electron chi connectivity index (χ4n) is 3.27. The second-order valence-corrected chi connectivity index (χ2v) is 8.68. The van der Waals surface area contributed by atoms with Crippen molar-refractivity contribution in [2.75, 3.05) is 37.4 Å². The van der Waals surface area contributed by atoms with Crippen molar-refractivity contribution in [3.8, 4) is 5.69 Å². The third-order valence-corrected chi connectivity index (χ3v) is 6.10. The normalized spacial score (nSPS) is 14.5. The zero-order valence-corrected chi connectivity index (χ0v) is 18.8. The Kier molecular flexibility index (Phi) is 7.24. The quantitative estimate of drug-likeness (QED) is 0.544. The van der Waals surface area contributed by atoms with Crippen LogP contribution in [0.1, 0.15) is 11.4 Å². The summed E-state index contributed by atoms with van der Waals surface area (Å²) in [6, 6.07) is 15.3. The highest BCUT2D eigenvalue weighted by atomic mass is 35.5. The van der Waals surface area contributed by atoms with Gasteiger partial charge in [-0.3, -0.25) is 14.3 Å². The van der Waals surface area contributed by atoms with Gasteiger partial charge in [0.15, 0.2) is 11.0 Å². The Bertz CT molecular complexity index is 1020. The van der Waals surface area contributed by atoms with Gasteiger partial charge < -0.3 is 10.1 Å². The summed E-state index contributed by atoms with van der Waals surface area (Å²) in [5.74, 6) is 0.969. The van der Waals surface area contributed by atoms with Crippen molar-refractivity contribution in [3.05, 3.63) is 64.9 Å². The van der Waals surface area contributed by atoms with Crippen molar-refractivity contribution in [1.82, 2.24) is 19.7 Å². The van der Waals surface area contributed by atoms with E-state index in [0.717, 1.165) is 49.1 Å². The number of hydrogen-bond acceptors (Lipinski definition) is 6. The van der Waals surface area contributed by atoms with E-state index >= 15 is 0 Å². The second kappa shape index (κ2) is 10.3. The number of aromatic nitrogens is 3. The number of anilines is 1. The highest BCUT2D eigenvalue weighted by Gasteiger charge is 2.19. The molecule has 1 aliphatic rings. The molecule has 0 atom stereocenters. The van der Waals surface area contributed by atoms with Crippen LogP contribution in [0.2, 0.25) is 5.02 Å². The SMILES string of the molecule is Cc1ccc(NC(=O)CSc2nnc(CN3CCOCC3)n2-c2ccc(Cl)cc2)cc1. The van der Waals surface area contributed by atoms with Gasteiger partial charge in [0, 0.05) is 29.5 Å². The Morgan fingerprint density at radius 2 is 1.81 bits per heavy atom. The summed E-state index contributed by atoms with van der Waals surface area (Å²) >= 11 is 7.44. The number of hydrogen-bond donors (Lipinski definition) is 1. The number of ether oxygens (including phenoxy) is 1. The van der Waals surface area contributed by atoms with E-state index in [1.165, 1.54) is 11.8 Å². The molecule has 0 radical (unpaired) electrons. The smallest absolute Gasteiger partial charge is 0.234 e. The van der Waals surface area contributed by atoms with Gasteiger partial charge in [0.05, 0.1) is 25.5 Å². The highest BCUT2D eigenvalue weighted by Crippen LogP contribution is 2.24. The molecule has 0 spiro atoms. The lowest BCUT2D eigenvalue weighted by molar-refractivity contribution is -0.113. The van der Waals surface area contributed by atoms with Gasteiger partial charge in [0.2, 0.25) is 5.91 Å². The van der Waals surface area contributed by atoms with Crippen LogP contribution in [0.3, 0.4) is 0 Å². The van der Waals surface area contributed by atoms with Crippen LogP contribution in [0.5, 0.6) is 0 Å². The minimum Gasteiger partial charge on any atom is -0.379 e. The number of nitrogens with one attached hydrogen (secondary N) is 1. The van der Waals surface area contributed by atoms with E-state index in [4.69, 9.17) is 16.3 Å². The van der Waals surface area contributed by atoms with E-state index in [-0.39, 0.29) is 11.7 Å². The van der Waals surface area contributed by atoms with E-state index in [0.29, 0.717) is 16.7 Å². The third-order valence-electron chi connectivity index (χ3n) is 4.92. The molecule has 1 amide bonds. The molecule has 2 aromatic carbocycles. The van der Waals surface area contributed by atoms with Gasteiger partial charge >= 0.3 is 0 Å². The maximum Gasteiger partial charge on any atom is 0.234 e. The molecular formula is C22H24ClN5O2S. The molecule has 0 unspecified atom stereocenters. The maximum absolute atomic E-state index is 12.5. The fraction of sp³-hybridized carbons (Fsp3) is 0.318. The first-order chi connectivity index (χ1) is 15.1. The maximum atomic E-state index is 12.5. The zero-order valence-electron chi connectivity index (χ0n) is 17.3. The lowest BCUT2D eigenvalue weighted by atomic mass is 10.2. The standard InChI is InChI=1S/C22H24ClN5O2S/c1-16-2-6-18(7-3-16)24-21(29)15-31-22-26-25-20(14-27-10-12-30-13-11-27)28(22)19-8-4-17(23)5-9-19/h2-9H,10-15H2,1H3,(H,24,29). The molecule has 9 heteroatoms. The molecule has 31 heavy (non-hydrogen) atoms. The third kappa shape index (κ3) is 5.86. The van der Waals surface area contributed by atoms with Gasteiger partial charge in [-0.2, -0.15) is 0 Å². The van der Waals surface area contributed by atoms with Crippen LogP contribution in [0, 0.1) is 6.92 Å². The van der Waals surface area contributed by atoms with Crippen molar-refractivity contribution in [1.29, 1.82) is 0 Å². The summed E-state index contributed by atoms with van der Waals surface area (Å²) in [7, 11) is 0. The van der Waals surface area contributed by atoms with Crippen molar-refractivity contribution in [2.45, 2.75) is 18.6 Å². The number of carbonyl (C=O) groups is 1. The molecule has 1 aromatic heterocycles. The number of aryl methyl sites for hydroxylation is 1. The fourth-order valence-corrected chi connectivity index (χ4v) is 4.17. The first-order valence-corrected chi connectivity index (χ1v) is 11.4. The summed E-state index contributed by atoms with van der Waals surface area (Å²) in [5, 5.41) is 13.1. The van der Waals surface area contributed by atoms with E-state index < -0.39 is 0 Å². The van der Waals surface area contributed by atoms with Gasteiger partial charge in [-0.15, -0.1) is 10.2 Å². The molecule has 0 saturated carbocycles. The molecule has 3 aromatic rings. The Morgan fingerprint density at radius 3 is 2.52 bits per heavy atom. The average molecular weight is 458 g/mol. The second-order valence-electron chi connectivity index (χ2n) is 7.30. The van der Waals surface area contributed by atoms with Gasteiger partial charge in [-0.05, 0) is 43.3 Å². The lowest BCUT2D eigenvalue weighted by Crippen LogP contribution is -2.36. The van der Waals surface area contributed by atoms with E-state index in [9.17, 15) is 4.79 Å². The van der Waals surface area contributed by atoms with Crippen LogP contribution in [-0.4, -0.2) is 57.6 Å². The minimum atomic E-state index is -0.0887. The molecule has 1 aliphatic heterocycles. The molecule has 1 fully saturated rings. The van der Waals surface area contributed by atoms with Crippen LogP contribution in [0.15, 0.2) is 53.7 Å². The van der Waals surface area contributed by atoms with Gasteiger partial charge in [-0.25, -0.2) is 0 Å². The van der Waals surface area contributed by atoms with Crippen LogP contribution in [-0.2, 0) is 16.1 Å². The number of benzene rings is 2. The lowest BCUT2D eigenvalue weighted by Gasteiger charge is -2.26. The summed E-state index contributed by atoms with van der Waals surface area (Å²) in [4.78, 5) is 14.7. The molecule has 162 valence electrons. The Hall–Kier alpha value is -2.39. The van der Waals surface area contributed by atoms with Gasteiger partial charge in [-0.1, -0.05) is 41.1 Å². The Labute approximate surface area is 190 Å². The Balaban J connectivity index is 1.49. The highest BCUT2D eigenvalue weighted by molar-refractivity contribution is 7.99. The molecule has 4 rings (SSSR count). The Morgan fingerprint density at radius 1 is 1.10 bits per heavy atom. The molecular weight excluding hydrogens is 434 g/mol. The number of amides is 1. The number of thioether (sulfide) groups is 1. The molecule has 7 nitrogen and oxygen atoms in total. The summed E-state index contributed by atoms with van der Waals surface area (Å²) < 4.78 is 7.44. The molecule has 0 aliphatic carbocycles. The van der Waals surface area contributed by atoms with Crippen LogP contribution < -0.4 is 5.32 Å². The van der Waals surface area contributed by atoms with E-state index in [1.54, 1.807) is 0 Å².